The van der Waals surface area contributed by atoms with Crippen LogP contribution in [0.3, 0.4) is 0 Å². The molecule has 0 aliphatic heterocycles. The Balaban J connectivity index is 2.79. The number of carbonyl (C=O) groups is 3. The van der Waals surface area contributed by atoms with Crippen molar-refractivity contribution in [3.05, 3.63) is 29.8 Å². The van der Waals surface area contributed by atoms with Gasteiger partial charge in [0.1, 0.15) is 6.42 Å². The first-order chi connectivity index (χ1) is 9.40. The smallest absolute Gasteiger partial charge is 0.312 e. The van der Waals surface area contributed by atoms with E-state index in [0.717, 1.165) is 0 Å². The summed E-state index contributed by atoms with van der Waals surface area (Å²) in [5, 5.41) is 13.7. The summed E-state index contributed by atoms with van der Waals surface area (Å²) in [6, 6.07) is 6.48. The summed E-state index contributed by atoms with van der Waals surface area (Å²) in [5.41, 5.74) is 0.617. The normalized spacial score (nSPS) is 10.2. The van der Waals surface area contributed by atoms with Gasteiger partial charge in [-0.3, -0.25) is 14.4 Å². The fourth-order valence-corrected chi connectivity index (χ4v) is 1.51. The van der Waals surface area contributed by atoms with Gasteiger partial charge in [0.2, 0.25) is 5.91 Å². The highest BCUT2D eigenvalue weighted by Gasteiger charge is 2.14. The molecule has 0 aliphatic rings. The molecular formula is C14H18N2O4. The highest BCUT2D eigenvalue weighted by Crippen LogP contribution is 2.15. The fraction of sp³-hybridized carbons (Fsp3) is 0.357. The summed E-state index contributed by atoms with van der Waals surface area (Å²) < 4.78 is 0. The van der Waals surface area contributed by atoms with Crippen LogP contribution in [-0.2, 0) is 9.59 Å². The van der Waals surface area contributed by atoms with E-state index >= 15 is 0 Å². The Morgan fingerprint density at radius 1 is 1.20 bits per heavy atom. The van der Waals surface area contributed by atoms with Crippen molar-refractivity contribution >= 4 is 23.5 Å². The Morgan fingerprint density at radius 2 is 1.85 bits per heavy atom. The molecule has 2 amide bonds. The number of nitrogens with one attached hydrogen (secondary N) is 2. The van der Waals surface area contributed by atoms with Crippen molar-refractivity contribution in [2.75, 3.05) is 11.9 Å². The first-order valence-electron chi connectivity index (χ1n) is 6.29. The van der Waals surface area contributed by atoms with Crippen LogP contribution in [0.15, 0.2) is 24.3 Å². The van der Waals surface area contributed by atoms with E-state index in [2.05, 4.69) is 10.6 Å². The zero-order valence-electron chi connectivity index (χ0n) is 11.5. The van der Waals surface area contributed by atoms with Gasteiger partial charge in [0, 0.05) is 6.54 Å². The number of para-hydroxylation sites is 1. The summed E-state index contributed by atoms with van der Waals surface area (Å²) in [7, 11) is 0. The zero-order valence-corrected chi connectivity index (χ0v) is 11.5. The maximum absolute atomic E-state index is 12.0. The van der Waals surface area contributed by atoms with E-state index in [-0.39, 0.29) is 5.91 Å². The number of carbonyl (C=O) groups excluding carboxylic acids is 2. The molecule has 0 saturated carbocycles. The van der Waals surface area contributed by atoms with E-state index < -0.39 is 18.3 Å². The minimum atomic E-state index is -1.22. The maximum Gasteiger partial charge on any atom is 0.312 e. The van der Waals surface area contributed by atoms with E-state index in [1.807, 2.05) is 13.8 Å². The molecule has 0 radical (unpaired) electrons. The Morgan fingerprint density at radius 3 is 2.45 bits per heavy atom. The van der Waals surface area contributed by atoms with Gasteiger partial charge in [0.25, 0.3) is 5.91 Å². The first kappa shape index (κ1) is 15.7. The van der Waals surface area contributed by atoms with Crippen molar-refractivity contribution in [3.63, 3.8) is 0 Å². The van der Waals surface area contributed by atoms with E-state index in [1.165, 1.54) is 0 Å². The van der Waals surface area contributed by atoms with E-state index in [0.29, 0.717) is 23.7 Å². The molecule has 0 aromatic heterocycles. The average Bonchev–Trinajstić information content (AvgIpc) is 2.35. The Hall–Kier alpha value is -2.37. The topological polar surface area (TPSA) is 95.5 Å². The van der Waals surface area contributed by atoms with E-state index in [4.69, 9.17) is 5.11 Å². The third-order valence-electron chi connectivity index (χ3n) is 2.43. The number of carboxylic acids is 1. The number of hydrogen-bond donors (Lipinski definition) is 3. The lowest BCUT2D eigenvalue weighted by molar-refractivity contribution is -0.139. The van der Waals surface area contributed by atoms with Gasteiger partial charge in [-0.25, -0.2) is 0 Å². The van der Waals surface area contributed by atoms with Gasteiger partial charge in [0.05, 0.1) is 11.3 Å². The number of carboxylic acid groups (broad SMARTS) is 1. The highest BCUT2D eigenvalue weighted by atomic mass is 16.4. The predicted molar refractivity (Wildman–Crippen MR) is 74.5 cm³/mol. The maximum atomic E-state index is 12.0. The van der Waals surface area contributed by atoms with Crippen LogP contribution >= 0.6 is 0 Å². The average molecular weight is 278 g/mol. The first-order valence-corrected chi connectivity index (χ1v) is 6.29. The number of benzene rings is 1. The van der Waals surface area contributed by atoms with Crippen LogP contribution < -0.4 is 10.6 Å². The molecule has 6 nitrogen and oxygen atoms in total. The standard InChI is InChI=1S/C14H18N2O4/c1-9(2)8-15-14(20)10-5-3-4-6-11(10)16-12(17)7-13(18)19/h3-6,9H,7-8H2,1-2H3,(H,15,20)(H,16,17)(H,18,19). The summed E-state index contributed by atoms with van der Waals surface area (Å²) in [5.74, 6) is -1.87. The summed E-state index contributed by atoms with van der Waals surface area (Å²) in [6.07, 6.45) is -0.637. The van der Waals surface area contributed by atoms with Crippen LogP contribution in [0.25, 0.3) is 0 Å². The van der Waals surface area contributed by atoms with E-state index in [1.54, 1.807) is 24.3 Å². The zero-order chi connectivity index (χ0) is 15.1. The van der Waals surface area contributed by atoms with Crippen molar-refractivity contribution in [1.82, 2.24) is 5.32 Å². The van der Waals surface area contributed by atoms with Crippen LogP contribution in [0.2, 0.25) is 0 Å². The van der Waals surface area contributed by atoms with Gasteiger partial charge < -0.3 is 15.7 Å². The molecule has 108 valence electrons. The van der Waals surface area contributed by atoms with Crippen LogP contribution in [0.5, 0.6) is 0 Å². The van der Waals surface area contributed by atoms with Crippen molar-refractivity contribution < 1.29 is 19.5 Å². The molecule has 0 unspecified atom stereocenters. The van der Waals surface area contributed by atoms with Crippen LogP contribution in [0.4, 0.5) is 5.69 Å². The molecule has 0 aliphatic carbocycles. The van der Waals surface area contributed by atoms with E-state index in [9.17, 15) is 14.4 Å². The molecule has 6 heteroatoms. The highest BCUT2D eigenvalue weighted by molar-refractivity contribution is 6.06. The van der Waals surface area contributed by atoms with Gasteiger partial charge in [-0.2, -0.15) is 0 Å². The Kier molecular flexibility index (Phi) is 5.71. The number of hydrogen-bond acceptors (Lipinski definition) is 3. The monoisotopic (exact) mass is 278 g/mol. The Bertz CT molecular complexity index is 512. The molecular weight excluding hydrogens is 260 g/mol. The molecule has 0 fully saturated rings. The number of rotatable bonds is 6. The van der Waals surface area contributed by atoms with Gasteiger partial charge in [-0.1, -0.05) is 26.0 Å². The second kappa shape index (κ2) is 7.28. The largest absolute Gasteiger partial charge is 0.481 e. The molecule has 1 rings (SSSR count). The number of amides is 2. The molecule has 0 spiro atoms. The molecule has 3 N–H and O–H groups in total. The summed E-state index contributed by atoms with van der Waals surface area (Å²) in [6.45, 7) is 4.47. The van der Waals surface area contributed by atoms with Crippen molar-refractivity contribution in [3.8, 4) is 0 Å². The van der Waals surface area contributed by atoms with Gasteiger partial charge in [-0.15, -0.1) is 0 Å². The van der Waals surface area contributed by atoms with Crippen molar-refractivity contribution in [2.24, 2.45) is 5.92 Å². The minimum Gasteiger partial charge on any atom is -0.481 e. The third kappa shape index (κ3) is 5.09. The Labute approximate surface area is 117 Å². The molecule has 1 aromatic carbocycles. The van der Waals surface area contributed by atoms with Crippen LogP contribution in [0.1, 0.15) is 30.6 Å². The molecule has 0 saturated heterocycles. The van der Waals surface area contributed by atoms with Gasteiger partial charge in [0.15, 0.2) is 0 Å². The second-order valence-corrected chi connectivity index (χ2v) is 4.77. The van der Waals surface area contributed by atoms with Crippen LogP contribution in [0, 0.1) is 5.92 Å². The molecule has 20 heavy (non-hydrogen) atoms. The molecule has 0 atom stereocenters. The molecule has 0 heterocycles. The second-order valence-electron chi connectivity index (χ2n) is 4.77. The van der Waals surface area contributed by atoms with Crippen molar-refractivity contribution in [1.29, 1.82) is 0 Å². The summed E-state index contributed by atoms with van der Waals surface area (Å²) in [4.78, 5) is 33.9. The van der Waals surface area contributed by atoms with Crippen molar-refractivity contribution in [2.45, 2.75) is 20.3 Å². The molecule has 1 aromatic rings. The third-order valence-corrected chi connectivity index (χ3v) is 2.43. The SMILES string of the molecule is CC(C)CNC(=O)c1ccccc1NC(=O)CC(=O)O. The van der Waals surface area contributed by atoms with Crippen LogP contribution in [-0.4, -0.2) is 29.4 Å². The lowest BCUT2D eigenvalue weighted by atomic mass is 10.1. The number of anilines is 1. The minimum absolute atomic E-state index is 0.301. The summed E-state index contributed by atoms with van der Waals surface area (Å²) >= 11 is 0. The lowest BCUT2D eigenvalue weighted by Crippen LogP contribution is -2.28. The molecule has 0 bridgehead atoms. The van der Waals surface area contributed by atoms with Gasteiger partial charge >= 0.3 is 5.97 Å². The quantitative estimate of drug-likeness (QED) is 0.687. The van der Waals surface area contributed by atoms with Gasteiger partial charge in [-0.05, 0) is 18.1 Å². The lowest BCUT2D eigenvalue weighted by Gasteiger charge is -2.12. The number of aliphatic carboxylic acids is 1. The predicted octanol–water partition coefficient (Wildman–Crippen LogP) is 1.49. The fourth-order valence-electron chi connectivity index (χ4n) is 1.51.